The normalized spacial score (nSPS) is 13.7. The van der Waals surface area contributed by atoms with E-state index in [2.05, 4.69) is 10.3 Å². The Bertz CT molecular complexity index is 1030. The van der Waals surface area contributed by atoms with Crippen LogP contribution in [-0.2, 0) is 0 Å². The molecule has 7 nitrogen and oxygen atoms in total. The molecule has 0 atom stereocenters. The van der Waals surface area contributed by atoms with Crippen molar-refractivity contribution in [2.24, 2.45) is 0 Å². The molecule has 1 N–H and O–H groups in total. The summed E-state index contributed by atoms with van der Waals surface area (Å²) in [5.74, 6) is -0.400. The van der Waals surface area contributed by atoms with Crippen molar-refractivity contribution in [2.75, 3.05) is 23.3 Å². The van der Waals surface area contributed by atoms with Gasteiger partial charge in [0.1, 0.15) is 5.69 Å². The van der Waals surface area contributed by atoms with Crippen molar-refractivity contribution >= 4 is 33.9 Å². The quantitative estimate of drug-likeness (QED) is 0.560. The predicted octanol–water partition coefficient (Wildman–Crippen LogP) is 4.00. The van der Waals surface area contributed by atoms with Crippen molar-refractivity contribution in [1.82, 2.24) is 4.98 Å². The molecule has 0 aliphatic carbocycles. The van der Waals surface area contributed by atoms with Gasteiger partial charge in [-0.05, 0) is 37.1 Å². The number of carbonyl (C=O) groups is 1. The molecule has 3 aromatic rings. The zero-order valence-corrected chi connectivity index (χ0v) is 14.6. The third-order valence-corrected chi connectivity index (χ3v) is 4.73. The molecule has 27 heavy (non-hydrogen) atoms. The maximum atomic E-state index is 12.6. The van der Waals surface area contributed by atoms with Crippen LogP contribution in [0.4, 0.5) is 17.1 Å². The Hall–Kier alpha value is -3.48. The Labute approximate surface area is 155 Å². The van der Waals surface area contributed by atoms with Gasteiger partial charge in [0, 0.05) is 30.1 Å². The molecule has 0 radical (unpaired) electrons. The van der Waals surface area contributed by atoms with Crippen LogP contribution in [0.5, 0.6) is 0 Å². The van der Waals surface area contributed by atoms with Crippen molar-refractivity contribution in [3.05, 3.63) is 70.4 Å². The van der Waals surface area contributed by atoms with E-state index < -0.39 is 10.8 Å². The number of nitro benzene ring substituents is 1. The summed E-state index contributed by atoms with van der Waals surface area (Å²) >= 11 is 0. The zero-order chi connectivity index (χ0) is 18.8. The molecule has 1 saturated heterocycles. The molecule has 0 spiro atoms. The third kappa shape index (κ3) is 3.44. The maximum Gasteiger partial charge on any atom is 0.293 e. The summed E-state index contributed by atoms with van der Waals surface area (Å²) in [5.41, 5.74) is 2.16. The fraction of sp³-hybridized carbons (Fsp3) is 0.200. The van der Waals surface area contributed by atoms with E-state index >= 15 is 0 Å². The fourth-order valence-corrected chi connectivity index (χ4v) is 3.38. The number of carbonyl (C=O) groups excluding carboxylic acids is 1. The van der Waals surface area contributed by atoms with Gasteiger partial charge in [-0.15, -0.1) is 0 Å². The van der Waals surface area contributed by atoms with Crippen LogP contribution in [0.2, 0.25) is 0 Å². The van der Waals surface area contributed by atoms with Gasteiger partial charge in [-0.25, -0.2) is 0 Å². The molecule has 0 saturated carbocycles. The van der Waals surface area contributed by atoms with Gasteiger partial charge < -0.3 is 10.2 Å². The lowest BCUT2D eigenvalue weighted by Gasteiger charge is -2.17. The van der Waals surface area contributed by atoms with E-state index in [1.165, 1.54) is 6.07 Å². The summed E-state index contributed by atoms with van der Waals surface area (Å²) in [5, 5.41) is 15.2. The lowest BCUT2D eigenvalue weighted by atomic mass is 10.1. The molecule has 2 aromatic carbocycles. The van der Waals surface area contributed by atoms with E-state index in [-0.39, 0.29) is 11.3 Å². The topological polar surface area (TPSA) is 88.4 Å². The van der Waals surface area contributed by atoms with E-state index in [0.717, 1.165) is 36.8 Å². The van der Waals surface area contributed by atoms with Crippen LogP contribution >= 0.6 is 0 Å². The highest BCUT2D eigenvalue weighted by Gasteiger charge is 2.23. The number of para-hydroxylation sites is 1. The first-order valence-electron chi connectivity index (χ1n) is 8.81. The largest absolute Gasteiger partial charge is 0.366 e. The van der Waals surface area contributed by atoms with E-state index in [0.29, 0.717) is 11.4 Å². The molecule has 7 heteroatoms. The molecule has 4 rings (SSSR count). The van der Waals surface area contributed by atoms with E-state index in [1.807, 2.05) is 35.2 Å². The lowest BCUT2D eigenvalue weighted by molar-refractivity contribution is -0.384. The fourth-order valence-electron chi connectivity index (χ4n) is 3.38. The standard InChI is InChI=1S/C20H18N4O3/c25-20(22-16-11-14-5-1-2-6-17(14)21-13-16)15-7-8-18(19(12-15)24(26)27)23-9-3-4-10-23/h1-2,5-8,11-13H,3-4,9-10H2,(H,22,25). The summed E-state index contributed by atoms with van der Waals surface area (Å²) in [6.45, 7) is 1.60. The number of hydrogen-bond donors (Lipinski definition) is 1. The first kappa shape index (κ1) is 17.0. The second-order valence-electron chi connectivity index (χ2n) is 6.53. The van der Waals surface area contributed by atoms with Crippen molar-refractivity contribution in [3.8, 4) is 0 Å². The maximum absolute atomic E-state index is 12.6. The Morgan fingerprint density at radius 1 is 1.11 bits per heavy atom. The van der Waals surface area contributed by atoms with Gasteiger partial charge in [-0.3, -0.25) is 19.9 Å². The Morgan fingerprint density at radius 3 is 2.67 bits per heavy atom. The van der Waals surface area contributed by atoms with Crippen LogP contribution in [0.1, 0.15) is 23.2 Å². The second kappa shape index (κ2) is 7.03. The summed E-state index contributed by atoms with van der Waals surface area (Å²) in [6, 6.07) is 14.1. The van der Waals surface area contributed by atoms with Gasteiger partial charge in [-0.1, -0.05) is 18.2 Å². The van der Waals surface area contributed by atoms with Crippen molar-refractivity contribution in [2.45, 2.75) is 12.8 Å². The molecule has 1 aliphatic rings. The molecule has 0 bridgehead atoms. The van der Waals surface area contributed by atoms with Crippen molar-refractivity contribution < 1.29 is 9.72 Å². The number of nitro groups is 1. The number of rotatable bonds is 4. The van der Waals surface area contributed by atoms with Gasteiger partial charge in [0.15, 0.2) is 0 Å². The molecule has 0 unspecified atom stereocenters. The molecular formula is C20H18N4O3. The smallest absolute Gasteiger partial charge is 0.293 e. The molecule has 1 aliphatic heterocycles. The molecule has 1 aromatic heterocycles. The highest BCUT2D eigenvalue weighted by molar-refractivity contribution is 6.05. The monoisotopic (exact) mass is 362 g/mol. The van der Waals surface area contributed by atoms with E-state index in [4.69, 9.17) is 0 Å². The average Bonchev–Trinajstić information content (AvgIpc) is 3.22. The number of amides is 1. The number of nitrogens with zero attached hydrogens (tertiary/aromatic N) is 3. The number of pyridine rings is 1. The summed E-state index contributed by atoms with van der Waals surface area (Å²) in [7, 11) is 0. The second-order valence-corrected chi connectivity index (χ2v) is 6.53. The van der Waals surface area contributed by atoms with E-state index in [9.17, 15) is 14.9 Å². The van der Waals surface area contributed by atoms with Crippen LogP contribution < -0.4 is 10.2 Å². The summed E-state index contributed by atoms with van der Waals surface area (Å²) < 4.78 is 0. The van der Waals surface area contributed by atoms with E-state index in [1.54, 1.807) is 18.3 Å². The zero-order valence-electron chi connectivity index (χ0n) is 14.6. The highest BCUT2D eigenvalue weighted by Crippen LogP contribution is 2.32. The number of benzene rings is 2. The SMILES string of the molecule is O=C(Nc1cnc2ccccc2c1)c1ccc(N2CCCC2)c([N+](=O)[O-])c1. The first-order chi connectivity index (χ1) is 13.1. The summed E-state index contributed by atoms with van der Waals surface area (Å²) in [6.07, 6.45) is 3.62. The van der Waals surface area contributed by atoms with Crippen LogP contribution in [0, 0.1) is 10.1 Å². The minimum Gasteiger partial charge on any atom is -0.366 e. The number of anilines is 2. The predicted molar refractivity (Wildman–Crippen MR) is 104 cm³/mol. The Balaban J connectivity index is 1.60. The van der Waals surface area contributed by atoms with Crippen LogP contribution in [0.25, 0.3) is 10.9 Å². The van der Waals surface area contributed by atoms with Crippen LogP contribution in [-0.4, -0.2) is 28.9 Å². The Morgan fingerprint density at radius 2 is 1.89 bits per heavy atom. The van der Waals surface area contributed by atoms with Gasteiger partial charge in [0.25, 0.3) is 11.6 Å². The minimum atomic E-state index is -0.429. The molecular weight excluding hydrogens is 344 g/mol. The van der Waals surface area contributed by atoms with Gasteiger partial charge >= 0.3 is 0 Å². The number of aromatic nitrogens is 1. The molecule has 1 amide bonds. The lowest BCUT2D eigenvalue weighted by Crippen LogP contribution is -2.19. The minimum absolute atomic E-state index is 0.0406. The van der Waals surface area contributed by atoms with Crippen LogP contribution in [0.3, 0.4) is 0 Å². The Kier molecular flexibility index (Phi) is 4.42. The van der Waals surface area contributed by atoms with Crippen molar-refractivity contribution in [3.63, 3.8) is 0 Å². The van der Waals surface area contributed by atoms with Gasteiger partial charge in [0.2, 0.25) is 0 Å². The van der Waals surface area contributed by atoms with Crippen LogP contribution in [0.15, 0.2) is 54.7 Å². The third-order valence-electron chi connectivity index (χ3n) is 4.73. The number of nitrogens with one attached hydrogen (secondary N) is 1. The highest BCUT2D eigenvalue weighted by atomic mass is 16.6. The molecule has 1 fully saturated rings. The number of hydrogen-bond acceptors (Lipinski definition) is 5. The summed E-state index contributed by atoms with van der Waals surface area (Å²) in [4.78, 5) is 30.0. The van der Waals surface area contributed by atoms with Crippen molar-refractivity contribution in [1.29, 1.82) is 0 Å². The van der Waals surface area contributed by atoms with Gasteiger partial charge in [0.05, 0.1) is 22.3 Å². The van der Waals surface area contributed by atoms with Gasteiger partial charge in [-0.2, -0.15) is 0 Å². The number of fused-ring (bicyclic) bond motifs is 1. The molecule has 136 valence electrons. The average molecular weight is 362 g/mol. The first-order valence-corrected chi connectivity index (χ1v) is 8.81. The molecule has 2 heterocycles.